The third kappa shape index (κ3) is 4.64. The molecule has 1 aromatic rings. The monoisotopic (exact) mass is 296 g/mol. The Morgan fingerprint density at radius 1 is 1.48 bits per heavy atom. The maximum absolute atomic E-state index is 11.6. The van der Waals surface area contributed by atoms with E-state index in [9.17, 15) is 14.9 Å². The molecule has 1 amide bonds. The van der Waals surface area contributed by atoms with Crippen LogP contribution in [0.1, 0.15) is 26.3 Å². The van der Waals surface area contributed by atoms with Crippen LogP contribution in [0.25, 0.3) is 0 Å². The number of anilines is 1. The number of amides is 1. The van der Waals surface area contributed by atoms with Crippen molar-refractivity contribution in [3.05, 3.63) is 33.9 Å². The van der Waals surface area contributed by atoms with Crippen molar-refractivity contribution in [1.29, 1.82) is 0 Å². The Morgan fingerprint density at radius 3 is 2.57 bits per heavy atom. The van der Waals surface area contributed by atoms with E-state index in [2.05, 4.69) is 10.5 Å². The topological polar surface area (TPSA) is 140 Å². The molecule has 0 atom stereocenters. The second-order valence-electron chi connectivity index (χ2n) is 5.10. The standard InChI is InChI=1S/C12H16N4O5/c1-12(2,3)21-11(17)14-8-5-4-7(10(13)15-18)6-9(8)16(19)20/h4-6,18H,1-3H3,(H2,13,15)(H,14,17). The smallest absolute Gasteiger partial charge is 0.412 e. The Kier molecular flexibility index (Phi) is 4.69. The van der Waals surface area contributed by atoms with Crippen molar-refractivity contribution in [2.24, 2.45) is 10.9 Å². The zero-order valence-corrected chi connectivity index (χ0v) is 11.8. The number of nitro groups is 1. The van der Waals surface area contributed by atoms with Gasteiger partial charge in [-0.1, -0.05) is 5.16 Å². The number of ether oxygens (including phenoxy) is 1. The molecular formula is C12H16N4O5. The lowest BCUT2D eigenvalue weighted by Crippen LogP contribution is -2.27. The molecule has 0 saturated carbocycles. The molecule has 0 spiro atoms. The fraction of sp³-hybridized carbons (Fsp3) is 0.333. The van der Waals surface area contributed by atoms with Gasteiger partial charge in [0, 0.05) is 11.6 Å². The minimum Gasteiger partial charge on any atom is -0.444 e. The first kappa shape index (κ1) is 16.2. The quantitative estimate of drug-likeness (QED) is 0.256. The van der Waals surface area contributed by atoms with Gasteiger partial charge in [0.25, 0.3) is 5.69 Å². The van der Waals surface area contributed by atoms with Gasteiger partial charge in [0.15, 0.2) is 5.84 Å². The van der Waals surface area contributed by atoms with Crippen molar-refractivity contribution in [3.63, 3.8) is 0 Å². The summed E-state index contributed by atoms with van der Waals surface area (Å²) in [4.78, 5) is 22.0. The third-order valence-corrected chi connectivity index (χ3v) is 2.23. The Morgan fingerprint density at radius 2 is 2.10 bits per heavy atom. The van der Waals surface area contributed by atoms with Gasteiger partial charge in [-0.3, -0.25) is 15.4 Å². The van der Waals surface area contributed by atoms with Crippen LogP contribution in [-0.4, -0.2) is 27.7 Å². The zero-order chi connectivity index (χ0) is 16.2. The molecule has 9 nitrogen and oxygen atoms in total. The highest BCUT2D eigenvalue weighted by atomic mass is 16.6. The van der Waals surface area contributed by atoms with Gasteiger partial charge >= 0.3 is 6.09 Å². The molecule has 4 N–H and O–H groups in total. The Hall–Kier alpha value is -2.84. The van der Waals surface area contributed by atoms with Crippen LogP contribution in [-0.2, 0) is 4.74 Å². The number of amidine groups is 1. The highest BCUT2D eigenvalue weighted by Gasteiger charge is 2.21. The summed E-state index contributed by atoms with van der Waals surface area (Å²) in [5.41, 5.74) is 4.34. The number of carbonyl (C=O) groups excluding carboxylic acids is 1. The van der Waals surface area contributed by atoms with E-state index >= 15 is 0 Å². The average molecular weight is 296 g/mol. The van der Waals surface area contributed by atoms with Crippen LogP contribution in [0.5, 0.6) is 0 Å². The van der Waals surface area contributed by atoms with E-state index in [4.69, 9.17) is 15.7 Å². The summed E-state index contributed by atoms with van der Waals surface area (Å²) in [6.07, 6.45) is -0.817. The molecule has 1 rings (SSSR count). The molecule has 0 radical (unpaired) electrons. The van der Waals surface area contributed by atoms with Crippen LogP contribution in [0.3, 0.4) is 0 Å². The molecule has 0 aliphatic rings. The summed E-state index contributed by atoms with van der Waals surface area (Å²) in [7, 11) is 0. The first-order chi connectivity index (χ1) is 9.64. The van der Waals surface area contributed by atoms with Gasteiger partial charge in [0.05, 0.1) is 4.92 Å². The maximum atomic E-state index is 11.6. The van der Waals surface area contributed by atoms with Gasteiger partial charge in [-0.2, -0.15) is 0 Å². The van der Waals surface area contributed by atoms with Crippen molar-refractivity contribution in [2.45, 2.75) is 26.4 Å². The van der Waals surface area contributed by atoms with E-state index in [-0.39, 0.29) is 17.1 Å². The number of benzene rings is 1. The zero-order valence-electron chi connectivity index (χ0n) is 11.8. The van der Waals surface area contributed by atoms with Crippen LogP contribution in [0.2, 0.25) is 0 Å². The lowest BCUT2D eigenvalue weighted by atomic mass is 10.1. The van der Waals surface area contributed by atoms with Crippen molar-refractivity contribution < 1.29 is 19.7 Å². The van der Waals surface area contributed by atoms with Crippen molar-refractivity contribution in [1.82, 2.24) is 0 Å². The van der Waals surface area contributed by atoms with E-state index in [1.807, 2.05) is 0 Å². The molecule has 0 bridgehead atoms. The number of nitrogens with one attached hydrogen (secondary N) is 1. The minimum atomic E-state index is -0.817. The molecule has 0 aliphatic carbocycles. The number of hydrogen-bond donors (Lipinski definition) is 3. The lowest BCUT2D eigenvalue weighted by molar-refractivity contribution is -0.383. The number of hydrogen-bond acceptors (Lipinski definition) is 6. The molecule has 0 unspecified atom stereocenters. The van der Waals surface area contributed by atoms with Gasteiger partial charge < -0.3 is 15.7 Å². The number of carbonyl (C=O) groups is 1. The molecule has 0 saturated heterocycles. The first-order valence-corrected chi connectivity index (χ1v) is 5.90. The number of nitrogens with two attached hydrogens (primary N) is 1. The van der Waals surface area contributed by atoms with Crippen LogP contribution in [0.15, 0.2) is 23.4 Å². The van der Waals surface area contributed by atoms with Gasteiger partial charge in [0.1, 0.15) is 11.3 Å². The highest BCUT2D eigenvalue weighted by Crippen LogP contribution is 2.26. The number of nitrogens with zero attached hydrogens (tertiary/aromatic N) is 2. The Labute approximate surface area is 120 Å². The Bertz CT molecular complexity index is 592. The Balaban J connectivity index is 3.08. The maximum Gasteiger partial charge on any atom is 0.412 e. The first-order valence-electron chi connectivity index (χ1n) is 5.90. The molecule has 0 heterocycles. The molecular weight excluding hydrogens is 280 g/mol. The summed E-state index contributed by atoms with van der Waals surface area (Å²) in [6.45, 7) is 5.01. The molecule has 9 heteroatoms. The van der Waals surface area contributed by atoms with Crippen LogP contribution >= 0.6 is 0 Å². The number of oxime groups is 1. The van der Waals surface area contributed by atoms with Gasteiger partial charge in [-0.15, -0.1) is 0 Å². The largest absolute Gasteiger partial charge is 0.444 e. The summed E-state index contributed by atoms with van der Waals surface area (Å²) in [5.74, 6) is -0.276. The fourth-order valence-electron chi connectivity index (χ4n) is 1.42. The van der Waals surface area contributed by atoms with Crippen molar-refractivity contribution in [2.75, 3.05) is 5.32 Å². The molecule has 21 heavy (non-hydrogen) atoms. The summed E-state index contributed by atoms with van der Waals surface area (Å²) in [6, 6.07) is 3.73. The minimum absolute atomic E-state index is 0.0521. The fourth-order valence-corrected chi connectivity index (χ4v) is 1.42. The second-order valence-corrected chi connectivity index (χ2v) is 5.10. The summed E-state index contributed by atoms with van der Waals surface area (Å²) >= 11 is 0. The van der Waals surface area contributed by atoms with E-state index in [1.165, 1.54) is 12.1 Å². The third-order valence-electron chi connectivity index (χ3n) is 2.23. The SMILES string of the molecule is CC(C)(C)OC(=O)Nc1ccc(C(N)=NO)cc1[N+](=O)[O-]. The number of nitro benzene ring substituents is 1. The summed E-state index contributed by atoms with van der Waals surface area (Å²) < 4.78 is 5.01. The molecule has 0 fully saturated rings. The normalized spacial score (nSPS) is 11.9. The van der Waals surface area contributed by atoms with Gasteiger partial charge in [-0.25, -0.2) is 4.79 Å². The highest BCUT2D eigenvalue weighted by molar-refractivity contribution is 5.99. The van der Waals surface area contributed by atoms with E-state index in [1.54, 1.807) is 20.8 Å². The summed E-state index contributed by atoms with van der Waals surface area (Å²) in [5, 5.41) is 24.6. The predicted octanol–water partition coefficient (Wildman–Crippen LogP) is 2.04. The number of rotatable bonds is 3. The second kappa shape index (κ2) is 6.07. The van der Waals surface area contributed by atoms with E-state index in [0.717, 1.165) is 6.07 Å². The molecule has 0 aliphatic heterocycles. The van der Waals surface area contributed by atoms with Crippen LogP contribution in [0.4, 0.5) is 16.2 Å². The molecule has 114 valence electrons. The molecule has 0 aromatic heterocycles. The lowest BCUT2D eigenvalue weighted by Gasteiger charge is -2.19. The van der Waals surface area contributed by atoms with E-state index < -0.39 is 22.3 Å². The van der Waals surface area contributed by atoms with Crippen molar-refractivity contribution in [3.8, 4) is 0 Å². The van der Waals surface area contributed by atoms with Crippen LogP contribution in [0, 0.1) is 10.1 Å². The van der Waals surface area contributed by atoms with Crippen LogP contribution < -0.4 is 11.1 Å². The van der Waals surface area contributed by atoms with Gasteiger partial charge in [0.2, 0.25) is 0 Å². The molecule has 1 aromatic carbocycles. The van der Waals surface area contributed by atoms with Gasteiger partial charge in [-0.05, 0) is 32.9 Å². The average Bonchev–Trinajstić information content (AvgIpc) is 2.35. The van der Waals surface area contributed by atoms with E-state index in [0.29, 0.717) is 0 Å². The predicted molar refractivity (Wildman–Crippen MR) is 75.5 cm³/mol. The van der Waals surface area contributed by atoms with Crippen molar-refractivity contribution >= 4 is 23.3 Å².